The molecule has 0 aliphatic carbocycles. The Balaban J connectivity index is 1.38. The molecule has 2 aromatic carbocycles. The van der Waals surface area contributed by atoms with E-state index in [4.69, 9.17) is 4.74 Å². The maximum Gasteiger partial charge on any atom is 0.319 e. The quantitative estimate of drug-likeness (QED) is 0.805. The topological polar surface area (TPSA) is 56.8 Å². The number of hydrogen-bond acceptors (Lipinski definition) is 4. The third kappa shape index (κ3) is 5.16. The van der Waals surface area contributed by atoms with E-state index in [0.29, 0.717) is 6.54 Å². The van der Waals surface area contributed by atoms with Crippen LogP contribution in [0.1, 0.15) is 11.1 Å². The number of rotatable bonds is 6. The summed E-state index contributed by atoms with van der Waals surface area (Å²) < 4.78 is 5.12. The van der Waals surface area contributed by atoms with E-state index in [1.165, 1.54) is 16.8 Å². The number of urea groups is 1. The van der Waals surface area contributed by atoms with E-state index in [-0.39, 0.29) is 6.03 Å². The molecule has 150 valence electrons. The number of methoxy groups -OCH3 is 1. The Labute approximate surface area is 167 Å². The third-order valence-corrected chi connectivity index (χ3v) is 5.35. The Bertz CT molecular complexity index is 784. The van der Waals surface area contributed by atoms with Gasteiger partial charge in [-0.3, -0.25) is 4.90 Å². The molecule has 6 heteroatoms. The molecule has 2 aromatic rings. The zero-order valence-corrected chi connectivity index (χ0v) is 17.0. The Morgan fingerprint density at radius 3 is 2.43 bits per heavy atom. The highest BCUT2D eigenvalue weighted by Crippen LogP contribution is 2.23. The van der Waals surface area contributed by atoms with Gasteiger partial charge in [0.2, 0.25) is 0 Å². The van der Waals surface area contributed by atoms with Crippen molar-refractivity contribution >= 4 is 17.4 Å². The number of nitrogens with zero attached hydrogens (tertiary/aromatic N) is 2. The zero-order valence-electron chi connectivity index (χ0n) is 17.0. The van der Waals surface area contributed by atoms with Gasteiger partial charge in [-0.1, -0.05) is 12.1 Å². The molecule has 1 saturated heterocycles. The normalized spacial score (nSPS) is 14.6. The van der Waals surface area contributed by atoms with Gasteiger partial charge in [0, 0.05) is 50.6 Å². The minimum atomic E-state index is -0.181. The summed E-state index contributed by atoms with van der Waals surface area (Å²) in [6.07, 6.45) is 0. The van der Waals surface area contributed by atoms with E-state index in [1.807, 2.05) is 24.3 Å². The SMILES string of the molecule is COc1ccc(NC(=O)NCCN2CCN(c3cccc(C)c3C)CC2)cc1. The minimum Gasteiger partial charge on any atom is -0.497 e. The molecule has 1 aliphatic rings. The van der Waals surface area contributed by atoms with E-state index >= 15 is 0 Å². The van der Waals surface area contributed by atoms with Crippen LogP contribution in [0, 0.1) is 13.8 Å². The number of carbonyl (C=O) groups is 1. The number of ether oxygens (including phenoxy) is 1. The second-order valence-electron chi connectivity index (χ2n) is 7.16. The van der Waals surface area contributed by atoms with Crippen molar-refractivity contribution in [2.24, 2.45) is 0 Å². The van der Waals surface area contributed by atoms with Crippen LogP contribution in [0.2, 0.25) is 0 Å². The standard InChI is InChI=1S/C22H30N4O2/c1-17-5-4-6-21(18(17)2)26-15-13-25(14-16-26)12-11-23-22(27)24-19-7-9-20(28-3)10-8-19/h4-10H,11-16H2,1-3H3,(H2,23,24,27). The summed E-state index contributed by atoms with van der Waals surface area (Å²) in [4.78, 5) is 16.9. The molecule has 1 aliphatic heterocycles. The molecule has 28 heavy (non-hydrogen) atoms. The number of piperazine rings is 1. The van der Waals surface area contributed by atoms with Crippen molar-refractivity contribution in [2.45, 2.75) is 13.8 Å². The predicted octanol–water partition coefficient (Wildman–Crippen LogP) is 3.26. The Kier molecular flexibility index (Phi) is 6.76. The Morgan fingerprint density at radius 1 is 1.04 bits per heavy atom. The van der Waals surface area contributed by atoms with Gasteiger partial charge in [-0.25, -0.2) is 4.79 Å². The molecule has 0 saturated carbocycles. The van der Waals surface area contributed by atoms with Gasteiger partial charge in [0.25, 0.3) is 0 Å². The van der Waals surface area contributed by atoms with Crippen LogP contribution in [-0.2, 0) is 0 Å². The van der Waals surface area contributed by atoms with E-state index in [1.54, 1.807) is 7.11 Å². The van der Waals surface area contributed by atoms with Crippen LogP contribution < -0.4 is 20.3 Å². The van der Waals surface area contributed by atoms with E-state index in [0.717, 1.165) is 44.2 Å². The number of nitrogens with one attached hydrogen (secondary N) is 2. The number of amides is 2. The lowest BCUT2D eigenvalue weighted by atomic mass is 10.1. The molecule has 0 bridgehead atoms. The summed E-state index contributed by atoms with van der Waals surface area (Å²) in [6, 6.07) is 13.6. The summed E-state index contributed by atoms with van der Waals surface area (Å²) in [6.45, 7) is 9.90. The van der Waals surface area contributed by atoms with Gasteiger partial charge in [0.05, 0.1) is 7.11 Å². The van der Waals surface area contributed by atoms with Crippen molar-refractivity contribution in [3.8, 4) is 5.75 Å². The fourth-order valence-electron chi connectivity index (χ4n) is 3.47. The monoisotopic (exact) mass is 382 g/mol. The van der Waals surface area contributed by atoms with E-state index in [9.17, 15) is 4.79 Å². The lowest BCUT2D eigenvalue weighted by molar-refractivity contribution is 0.240. The van der Waals surface area contributed by atoms with Crippen LogP contribution in [0.5, 0.6) is 5.75 Å². The molecule has 2 amide bonds. The zero-order chi connectivity index (χ0) is 19.9. The van der Waals surface area contributed by atoms with Crippen LogP contribution in [-0.4, -0.2) is 57.3 Å². The second kappa shape index (κ2) is 9.46. The largest absolute Gasteiger partial charge is 0.497 e. The van der Waals surface area contributed by atoms with Crippen LogP contribution in [0.15, 0.2) is 42.5 Å². The lowest BCUT2D eigenvalue weighted by Gasteiger charge is -2.37. The maximum absolute atomic E-state index is 12.0. The Morgan fingerprint density at radius 2 is 1.75 bits per heavy atom. The first-order valence-corrected chi connectivity index (χ1v) is 9.79. The predicted molar refractivity (Wildman–Crippen MR) is 115 cm³/mol. The molecular weight excluding hydrogens is 352 g/mol. The molecule has 1 heterocycles. The molecule has 0 unspecified atom stereocenters. The first-order chi connectivity index (χ1) is 13.6. The smallest absolute Gasteiger partial charge is 0.319 e. The van der Waals surface area contributed by atoms with Gasteiger partial charge in [0.15, 0.2) is 0 Å². The van der Waals surface area contributed by atoms with Crippen LogP contribution in [0.25, 0.3) is 0 Å². The number of aryl methyl sites for hydroxylation is 1. The fraction of sp³-hybridized carbons (Fsp3) is 0.409. The summed E-state index contributed by atoms with van der Waals surface area (Å²) in [5.41, 5.74) is 4.80. The number of hydrogen-bond donors (Lipinski definition) is 2. The highest BCUT2D eigenvalue weighted by molar-refractivity contribution is 5.89. The molecule has 2 N–H and O–H groups in total. The van der Waals surface area contributed by atoms with Crippen molar-refractivity contribution in [3.63, 3.8) is 0 Å². The summed E-state index contributed by atoms with van der Waals surface area (Å²) >= 11 is 0. The Hall–Kier alpha value is -2.73. The van der Waals surface area contributed by atoms with Gasteiger partial charge in [-0.2, -0.15) is 0 Å². The van der Waals surface area contributed by atoms with Crippen LogP contribution >= 0.6 is 0 Å². The highest BCUT2D eigenvalue weighted by Gasteiger charge is 2.18. The molecule has 3 rings (SSSR count). The van der Waals surface area contributed by atoms with Crippen LogP contribution in [0.4, 0.5) is 16.2 Å². The van der Waals surface area contributed by atoms with Gasteiger partial charge >= 0.3 is 6.03 Å². The first-order valence-electron chi connectivity index (χ1n) is 9.79. The second-order valence-corrected chi connectivity index (χ2v) is 7.16. The van der Waals surface area contributed by atoms with Crippen molar-refractivity contribution < 1.29 is 9.53 Å². The van der Waals surface area contributed by atoms with Gasteiger partial charge in [0.1, 0.15) is 5.75 Å². The average Bonchev–Trinajstić information content (AvgIpc) is 2.71. The molecule has 1 fully saturated rings. The molecule has 0 aromatic heterocycles. The molecule has 0 atom stereocenters. The van der Waals surface area contributed by atoms with Crippen molar-refractivity contribution in [3.05, 3.63) is 53.6 Å². The third-order valence-electron chi connectivity index (χ3n) is 5.35. The van der Waals surface area contributed by atoms with E-state index < -0.39 is 0 Å². The lowest BCUT2D eigenvalue weighted by Crippen LogP contribution is -2.49. The highest BCUT2D eigenvalue weighted by atomic mass is 16.5. The van der Waals surface area contributed by atoms with Gasteiger partial charge in [-0.15, -0.1) is 0 Å². The van der Waals surface area contributed by atoms with Crippen molar-refractivity contribution in [1.82, 2.24) is 10.2 Å². The van der Waals surface area contributed by atoms with Gasteiger partial charge < -0.3 is 20.3 Å². The summed E-state index contributed by atoms with van der Waals surface area (Å²) in [5, 5.41) is 5.77. The molecule has 0 radical (unpaired) electrons. The van der Waals surface area contributed by atoms with E-state index in [2.05, 4.69) is 52.5 Å². The van der Waals surface area contributed by atoms with Gasteiger partial charge in [-0.05, 0) is 55.3 Å². The van der Waals surface area contributed by atoms with Crippen molar-refractivity contribution in [1.29, 1.82) is 0 Å². The fourth-order valence-corrected chi connectivity index (χ4v) is 3.47. The molecular formula is C22H30N4O2. The average molecular weight is 383 g/mol. The summed E-state index contributed by atoms with van der Waals surface area (Å²) in [5.74, 6) is 0.769. The maximum atomic E-state index is 12.0. The molecule has 0 spiro atoms. The van der Waals surface area contributed by atoms with Crippen LogP contribution in [0.3, 0.4) is 0 Å². The van der Waals surface area contributed by atoms with Crippen molar-refractivity contribution in [2.75, 3.05) is 56.6 Å². The first kappa shape index (κ1) is 20.0. The minimum absolute atomic E-state index is 0.181. The molecule has 6 nitrogen and oxygen atoms in total. The summed E-state index contributed by atoms with van der Waals surface area (Å²) in [7, 11) is 1.62. The number of anilines is 2. The number of carbonyl (C=O) groups excluding carboxylic acids is 1. The number of benzene rings is 2.